The van der Waals surface area contributed by atoms with Gasteiger partial charge in [-0.1, -0.05) is 19.9 Å². The number of ether oxygens (including phenoxy) is 1. The predicted octanol–water partition coefficient (Wildman–Crippen LogP) is 2.68. The molecular weight excluding hydrogens is 152 g/mol. The first-order valence-corrected chi connectivity index (χ1v) is 4.51. The number of allylic oxidation sites excluding steroid dienone is 1. The minimum Gasteiger partial charge on any atom is -0.459 e. The summed E-state index contributed by atoms with van der Waals surface area (Å²) in [5.74, 6) is -0.172. The molecule has 0 saturated heterocycles. The Morgan fingerprint density at radius 3 is 2.42 bits per heavy atom. The number of carbonyl (C=O) groups excluding carboxylic acids is 1. The quantitative estimate of drug-likeness (QED) is 0.479. The van der Waals surface area contributed by atoms with Gasteiger partial charge in [-0.05, 0) is 26.7 Å². The molecule has 70 valence electrons. The van der Waals surface area contributed by atoms with Crippen molar-refractivity contribution in [2.45, 2.75) is 46.6 Å². The normalized spacial score (nSPS) is 14.2. The van der Waals surface area contributed by atoms with Crippen molar-refractivity contribution in [1.82, 2.24) is 0 Å². The fraction of sp³-hybridized carbons (Fsp3) is 0.700. The number of esters is 1. The molecule has 1 atom stereocenters. The Labute approximate surface area is 74.6 Å². The molecule has 0 aromatic rings. The van der Waals surface area contributed by atoms with E-state index in [1.807, 2.05) is 33.8 Å². The maximum Gasteiger partial charge on any atom is 0.333 e. The minimum atomic E-state index is -0.172. The lowest BCUT2D eigenvalue weighted by Gasteiger charge is -2.11. The monoisotopic (exact) mass is 170 g/mol. The molecular formula is C10H18O2. The van der Waals surface area contributed by atoms with E-state index >= 15 is 0 Å². The van der Waals surface area contributed by atoms with Crippen LogP contribution in [0.5, 0.6) is 0 Å². The largest absolute Gasteiger partial charge is 0.459 e. The summed E-state index contributed by atoms with van der Waals surface area (Å²) in [7, 11) is 0. The highest BCUT2D eigenvalue weighted by Gasteiger charge is 2.10. The first-order valence-electron chi connectivity index (χ1n) is 4.51. The lowest BCUT2D eigenvalue weighted by Crippen LogP contribution is -2.15. The first-order chi connectivity index (χ1) is 5.65. The smallest absolute Gasteiger partial charge is 0.333 e. The molecule has 0 radical (unpaired) electrons. The Kier molecular flexibility index (Phi) is 5.43. The van der Waals surface area contributed by atoms with Gasteiger partial charge in [0.05, 0.1) is 6.10 Å². The summed E-state index contributed by atoms with van der Waals surface area (Å²) in [6.45, 7) is 7.71. The molecule has 0 amide bonds. The van der Waals surface area contributed by atoms with Crippen molar-refractivity contribution in [3.63, 3.8) is 0 Å². The van der Waals surface area contributed by atoms with Crippen LogP contribution in [-0.2, 0) is 9.53 Å². The molecule has 0 N–H and O–H groups in total. The maximum atomic E-state index is 11.3. The molecule has 0 heterocycles. The van der Waals surface area contributed by atoms with Crippen molar-refractivity contribution >= 4 is 5.97 Å². The SMILES string of the molecule is CC=C(CC)C(=O)OC(C)CC. The highest BCUT2D eigenvalue weighted by atomic mass is 16.5. The van der Waals surface area contributed by atoms with Gasteiger partial charge in [0.25, 0.3) is 0 Å². The van der Waals surface area contributed by atoms with Crippen LogP contribution < -0.4 is 0 Å². The molecule has 0 saturated carbocycles. The zero-order valence-electron chi connectivity index (χ0n) is 8.39. The summed E-state index contributed by atoms with van der Waals surface area (Å²) in [5.41, 5.74) is 0.760. The Morgan fingerprint density at radius 1 is 1.50 bits per heavy atom. The van der Waals surface area contributed by atoms with Crippen molar-refractivity contribution in [1.29, 1.82) is 0 Å². The summed E-state index contributed by atoms with van der Waals surface area (Å²) in [6, 6.07) is 0. The molecule has 0 spiro atoms. The Bertz CT molecular complexity index is 171. The van der Waals surface area contributed by atoms with E-state index in [-0.39, 0.29) is 12.1 Å². The van der Waals surface area contributed by atoms with Crippen LogP contribution in [0, 0.1) is 0 Å². The predicted molar refractivity (Wildman–Crippen MR) is 49.9 cm³/mol. The van der Waals surface area contributed by atoms with E-state index in [4.69, 9.17) is 4.74 Å². The molecule has 2 heteroatoms. The molecule has 2 nitrogen and oxygen atoms in total. The number of hydrogen-bond donors (Lipinski definition) is 0. The van der Waals surface area contributed by atoms with E-state index in [0.717, 1.165) is 18.4 Å². The molecule has 12 heavy (non-hydrogen) atoms. The van der Waals surface area contributed by atoms with Crippen molar-refractivity contribution in [3.8, 4) is 0 Å². The van der Waals surface area contributed by atoms with Gasteiger partial charge in [0.15, 0.2) is 0 Å². The molecule has 0 bridgehead atoms. The second-order valence-corrected chi connectivity index (χ2v) is 2.79. The topological polar surface area (TPSA) is 26.3 Å². The van der Waals surface area contributed by atoms with Crippen molar-refractivity contribution in [2.75, 3.05) is 0 Å². The summed E-state index contributed by atoms with van der Waals surface area (Å²) in [4.78, 5) is 11.3. The summed E-state index contributed by atoms with van der Waals surface area (Å²) >= 11 is 0. The highest BCUT2D eigenvalue weighted by molar-refractivity contribution is 5.88. The van der Waals surface area contributed by atoms with Gasteiger partial charge in [-0.25, -0.2) is 4.79 Å². The standard InChI is InChI=1S/C10H18O2/c1-5-8(4)12-10(11)9(6-2)7-3/h6,8H,5,7H2,1-4H3. The Balaban J connectivity index is 4.03. The second-order valence-electron chi connectivity index (χ2n) is 2.79. The van der Waals surface area contributed by atoms with Gasteiger partial charge in [0.2, 0.25) is 0 Å². The van der Waals surface area contributed by atoms with E-state index in [1.165, 1.54) is 0 Å². The third-order valence-electron chi connectivity index (χ3n) is 1.87. The number of rotatable bonds is 4. The molecule has 0 fully saturated rings. The third-order valence-corrected chi connectivity index (χ3v) is 1.87. The van der Waals surface area contributed by atoms with Crippen molar-refractivity contribution < 1.29 is 9.53 Å². The summed E-state index contributed by atoms with van der Waals surface area (Å²) in [5, 5.41) is 0. The van der Waals surface area contributed by atoms with Crippen LogP contribution in [0.4, 0.5) is 0 Å². The number of carbonyl (C=O) groups is 1. The molecule has 0 rings (SSSR count). The first kappa shape index (κ1) is 11.2. The van der Waals surface area contributed by atoms with Gasteiger partial charge in [0, 0.05) is 5.57 Å². The van der Waals surface area contributed by atoms with E-state index in [2.05, 4.69) is 0 Å². The van der Waals surface area contributed by atoms with Gasteiger partial charge in [-0.15, -0.1) is 0 Å². The highest BCUT2D eigenvalue weighted by Crippen LogP contribution is 2.06. The zero-order chi connectivity index (χ0) is 9.56. The van der Waals surface area contributed by atoms with Gasteiger partial charge < -0.3 is 4.74 Å². The average molecular weight is 170 g/mol. The average Bonchev–Trinajstić information content (AvgIpc) is 2.06. The fourth-order valence-corrected chi connectivity index (χ4v) is 0.808. The van der Waals surface area contributed by atoms with Crippen molar-refractivity contribution in [2.24, 2.45) is 0 Å². The van der Waals surface area contributed by atoms with E-state index in [1.54, 1.807) is 0 Å². The second kappa shape index (κ2) is 5.81. The molecule has 0 aromatic heterocycles. The van der Waals surface area contributed by atoms with E-state index in [9.17, 15) is 4.79 Å². The zero-order valence-corrected chi connectivity index (χ0v) is 8.39. The molecule has 0 aliphatic carbocycles. The van der Waals surface area contributed by atoms with Crippen LogP contribution >= 0.6 is 0 Å². The lowest BCUT2D eigenvalue weighted by molar-refractivity contribution is -0.143. The summed E-state index contributed by atoms with van der Waals surface area (Å²) in [6.07, 6.45) is 3.45. The summed E-state index contributed by atoms with van der Waals surface area (Å²) < 4.78 is 5.14. The fourth-order valence-electron chi connectivity index (χ4n) is 0.808. The van der Waals surface area contributed by atoms with Crippen LogP contribution in [0.3, 0.4) is 0 Å². The van der Waals surface area contributed by atoms with Crippen LogP contribution in [0.2, 0.25) is 0 Å². The third kappa shape index (κ3) is 3.56. The Morgan fingerprint density at radius 2 is 2.08 bits per heavy atom. The van der Waals surface area contributed by atoms with Crippen LogP contribution in [0.25, 0.3) is 0 Å². The van der Waals surface area contributed by atoms with Crippen LogP contribution in [-0.4, -0.2) is 12.1 Å². The van der Waals surface area contributed by atoms with Gasteiger partial charge >= 0.3 is 5.97 Å². The van der Waals surface area contributed by atoms with Gasteiger partial charge in [0.1, 0.15) is 0 Å². The lowest BCUT2D eigenvalue weighted by atomic mass is 10.2. The van der Waals surface area contributed by atoms with Crippen molar-refractivity contribution in [3.05, 3.63) is 11.6 Å². The van der Waals surface area contributed by atoms with E-state index in [0.29, 0.717) is 0 Å². The molecule has 0 aliphatic heterocycles. The van der Waals surface area contributed by atoms with Gasteiger partial charge in [-0.2, -0.15) is 0 Å². The van der Waals surface area contributed by atoms with Crippen LogP contribution in [0.15, 0.2) is 11.6 Å². The van der Waals surface area contributed by atoms with Gasteiger partial charge in [-0.3, -0.25) is 0 Å². The molecule has 1 unspecified atom stereocenters. The minimum absolute atomic E-state index is 0.0269. The molecule has 0 aromatic carbocycles. The van der Waals surface area contributed by atoms with E-state index < -0.39 is 0 Å². The maximum absolute atomic E-state index is 11.3. The number of hydrogen-bond acceptors (Lipinski definition) is 2. The molecule has 0 aliphatic rings. The van der Waals surface area contributed by atoms with Crippen LogP contribution in [0.1, 0.15) is 40.5 Å². The Hall–Kier alpha value is -0.790.